The molecule has 1 unspecified atom stereocenters. The molecule has 0 saturated carbocycles. The number of benzene rings is 2. The molecule has 0 spiro atoms. The highest BCUT2D eigenvalue weighted by Gasteiger charge is 2.44. The van der Waals surface area contributed by atoms with Crippen molar-refractivity contribution < 1.29 is 29.6 Å². The monoisotopic (exact) mass is 445 g/mol. The molecule has 3 aromatic rings. The van der Waals surface area contributed by atoms with Crippen molar-refractivity contribution in [2.24, 2.45) is 0 Å². The largest absolute Gasteiger partial charge is 0.507 e. The lowest BCUT2D eigenvalue weighted by Crippen LogP contribution is -2.42. The third-order valence-corrected chi connectivity index (χ3v) is 6.31. The maximum Gasteiger partial charge on any atom is 0.335 e. The van der Waals surface area contributed by atoms with Crippen LogP contribution in [0.5, 0.6) is 11.5 Å². The summed E-state index contributed by atoms with van der Waals surface area (Å²) in [5, 5.41) is 40.7. The highest BCUT2D eigenvalue weighted by Crippen LogP contribution is 2.47. The topological polar surface area (TPSA) is 131 Å². The summed E-state index contributed by atoms with van der Waals surface area (Å²) in [4.78, 5) is 26.2. The van der Waals surface area contributed by atoms with E-state index in [1.54, 1.807) is 7.05 Å². The molecule has 0 radical (unpaired) electrons. The second-order valence-electron chi connectivity index (χ2n) is 7.68. The van der Waals surface area contributed by atoms with Crippen LogP contribution in [0, 0.1) is 0 Å². The number of fused-ring (bicyclic) bond motifs is 1. The first kappa shape index (κ1) is 21.2. The van der Waals surface area contributed by atoms with Gasteiger partial charge in [-0.25, -0.2) is 4.79 Å². The number of aliphatic hydroxyl groups excluding tert-OH is 1. The van der Waals surface area contributed by atoms with Crippen LogP contribution in [-0.2, 0) is 5.54 Å². The molecule has 1 aliphatic rings. The predicted octanol–water partition coefficient (Wildman–Crippen LogP) is 3.14. The Morgan fingerprint density at radius 3 is 2.58 bits per heavy atom. The number of aromatic hydroxyl groups is 2. The highest BCUT2D eigenvalue weighted by molar-refractivity contribution is 6.33. The minimum Gasteiger partial charge on any atom is -0.507 e. The van der Waals surface area contributed by atoms with Crippen LogP contribution in [0.4, 0.5) is 0 Å². The number of halogens is 1. The van der Waals surface area contributed by atoms with Gasteiger partial charge < -0.3 is 24.8 Å². The number of hydrogen-bond donors (Lipinski definition) is 4. The molecule has 0 amide bonds. The number of nitrogens with zero attached hydrogens (tertiary/aromatic N) is 1. The molecule has 4 rings (SSSR count). The van der Waals surface area contributed by atoms with Gasteiger partial charge in [-0.3, -0.25) is 9.69 Å². The van der Waals surface area contributed by atoms with E-state index < -0.39 is 22.7 Å². The van der Waals surface area contributed by atoms with E-state index >= 15 is 0 Å². The molecule has 1 fully saturated rings. The van der Waals surface area contributed by atoms with Gasteiger partial charge in [0.15, 0.2) is 11.0 Å². The molecule has 9 heteroatoms. The molecule has 8 nitrogen and oxygen atoms in total. The average molecular weight is 446 g/mol. The van der Waals surface area contributed by atoms with Crippen molar-refractivity contribution in [2.45, 2.75) is 18.4 Å². The van der Waals surface area contributed by atoms with Crippen LogP contribution >= 0.6 is 11.6 Å². The van der Waals surface area contributed by atoms with Crippen molar-refractivity contribution in [3.05, 3.63) is 56.7 Å². The molecule has 2 aromatic carbocycles. The van der Waals surface area contributed by atoms with E-state index in [1.807, 2.05) is 4.90 Å². The van der Waals surface area contributed by atoms with Gasteiger partial charge in [0, 0.05) is 17.7 Å². The molecule has 0 bridgehead atoms. The van der Waals surface area contributed by atoms with Crippen LogP contribution in [0.25, 0.3) is 22.3 Å². The molecular weight excluding hydrogens is 426 g/mol. The molecule has 1 atom stereocenters. The predicted molar refractivity (Wildman–Crippen MR) is 114 cm³/mol. The van der Waals surface area contributed by atoms with Gasteiger partial charge >= 0.3 is 5.97 Å². The van der Waals surface area contributed by atoms with Crippen molar-refractivity contribution in [1.82, 2.24) is 4.90 Å². The SMILES string of the molecule is CN1CCCC1(CO)c1c(O)cc(O)c2c(=O)cc(-c3cc(C(=O)O)ccc3Cl)oc12. The number of aromatic carboxylic acids is 1. The second-order valence-corrected chi connectivity index (χ2v) is 8.09. The number of phenols is 2. The van der Waals surface area contributed by atoms with E-state index in [1.165, 1.54) is 18.2 Å². The minimum absolute atomic E-state index is 0.0226. The van der Waals surface area contributed by atoms with Gasteiger partial charge in [0.05, 0.1) is 28.3 Å². The summed E-state index contributed by atoms with van der Waals surface area (Å²) in [7, 11) is 1.79. The first-order valence-corrected chi connectivity index (χ1v) is 9.96. The van der Waals surface area contributed by atoms with E-state index in [4.69, 9.17) is 16.0 Å². The third kappa shape index (κ3) is 3.23. The van der Waals surface area contributed by atoms with Crippen LogP contribution in [0.2, 0.25) is 5.02 Å². The number of likely N-dealkylation sites (tertiary alicyclic amines) is 1. The van der Waals surface area contributed by atoms with E-state index in [0.29, 0.717) is 13.0 Å². The van der Waals surface area contributed by atoms with Gasteiger partial charge in [-0.15, -0.1) is 0 Å². The number of aliphatic hydroxyl groups is 1. The molecule has 4 N–H and O–H groups in total. The van der Waals surface area contributed by atoms with Gasteiger partial charge in [-0.2, -0.15) is 0 Å². The highest BCUT2D eigenvalue weighted by atomic mass is 35.5. The van der Waals surface area contributed by atoms with E-state index in [2.05, 4.69) is 0 Å². The van der Waals surface area contributed by atoms with Crippen molar-refractivity contribution in [3.63, 3.8) is 0 Å². The molecule has 1 saturated heterocycles. The lowest BCUT2D eigenvalue weighted by molar-refractivity contribution is 0.0697. The number of phenolic OH excluding ortho intramolecular Hbond substituents is 2. The quantitative estimate of drug-likeness (QED) is 0.481. The van der Waals surface area contributed by atoms with Crippen molar-refractivity contribution in [1.29, 1.82) is 0 Å². The zero-order chi connectivity index (χ0) is 22.5. The van der Waals surface area contributed by atoms with Crippen LogP contribution < -0.4 is 5.43 Å². The van der Waals surface area contributed by atoms with Crippen LogP contribution in [0.1, 0.15) is 28.8 Å². The molecular formula is C22H20ClNO7. The summed E-state index contributed by atoms with van der Waals surface area (Å²) >= 11 is 6.24. The molecule has 31 heavy (non-hydrogen) atoms. The summed E-state index contributed by atoms with van der Waals surface area (Å²) in [6.45, 7) is 0.304. The van der Waals surface area contributed by atoms with E-state index in [0.717, 1.165) is 18.6 Å². The fourth-order valence-corrected chi connectivity index (χ4v) is 4.55. The fourth-order valence-electron chi connectivity index (χ4n) is 4.34. The minimum atomic E-state index is -1.18. The number of carboxylic acids is 1. The maximum absolute atomic E-state index is 12.9. The second kappa shape index (κ2) is 7.56. The van der Waals surface area contributed by atoms with E-state index in [9.17, 15) is 30.0 Å². The van der Waals surface area contributed by atoms with Gasteiger partial charge in [0.25, 0.3) is 0 Å². The first-order valence-electron chi connectivity index (χ1n) is 9.58. The van der Waals surface area contributed by atoms with E-state index in [-0.39, 0.29) is 50.8 Å². The lowest BCUT2D eigenvalue weighted by Gasteiger charge is -2.35. The van der Waals surface area contributed by atoms with Crippen LogP contribution in [0.15, 0.2) is 39.5 Å². The lowest BCUT2D eigenvalue weighted by atomic mass is 9.85. The molecule has 2 heterocycles. The number of likely N-dealkylation sites (N-methyl/N-ethyl adjacent to an activating group) is 1. The number of carboxylic acid groups (broad SMARTS) is 1. The summed E-state index contributed by atoms with van der Waals surface area (Å²) in [5.74, 6) is -1.98. The van der Waals surface area contributed by atoms with Crippen molar-refractivity contribution in [3.8, 4) is 22.8 Å². The smallest absolute Gasteiger partial charge is 0.335 e. The Bertz CT molecular complexity index is 1270. The number of rotatable bonds is 4. The Balaban J connectivity index is 2.09. The third-order valence-electron chi connectivity index (χ3n) is 5.98. The van der Waals surface area contributed by atoms with Crippen molar-refractivity contribution >= 4 is 28.5 Å². The first-order chi connectivity index (χ1) is 14.7. The standard InChI is InChI=1S/C22H20ClNO7/c1-24-6-2-5-22(24,10-25)19-16(28)8-14(26)18-15(27)9-17(31-20(18)19)12-7-11(21(29)30)3-4-13(12)23/h3-4,7-9,25-26,28H,2,5-6,10H2,1H3,(H,29,30). The number of carbonyl (C=O) groups is 1. The zero-order valence-electron chi connectivity index (χ0n) is 16.6. The van der Waals surface area contributed by atoms with Gasteiger partial charge in [-0.05, 0) is 44.6 Å². The van der Waals surface area contributed by atoms with Gasteiger partial charge in [0.1, 0.15) is 22.6 Å². The number of hydrogen-bond acceptors (Lipinski definition) is 7. The summed E-state index contributed by atoms with van der Waals surface area (Å²) in [6.07, 6.45) is 1.24. The average Bonchev–Trinajstić information content (AvgIpc) is 3.08. The molecule has 1 aromatic heterocycles. The zero-order valence-corrected chi connectivity index (χ0v) is 17.3. The normalized spacial score (nSPS) is 19.2. The molecule has 162 valence electrons. The summed E-state index contributed by atoms with van der Waals surface area (Å²) in [5.41, 5.74) is -1.39. The Hall–Kier alpha value is -3.07. The Morgan fingerprint density at radius 2 is 1.97 bits per heavy atom. The molecule has 1 aliphatic heterocycles. The van der Waals surface area contributed by atoms with Gasteiger partial charge in [0.2, 0.25) is 0 Å². The molecule has 0 aliphatic carbocycles. The van der Waals surface area contributed by atoms with Crippen LogP contribution in [0.3, 0.4) is 0 Å². The van der Waals surface area contributed by atoms with Gasteiger partial charge in [-0.1, -0.05) is 11.6 Å². The maximum atomic E-state index is 12.9. The Morgan fingerprint density at radius 1 is 1.23 bits per heavy atom. The fraction of sp³-hybridized carbons (Fsp3) is 0.273. The summed E-state index contributed by atoms with van der Waals surface area (Å²) in [6, 6.07) is 6.16. The summed E-state index contributed by atoms with van der Waals surface area (Å²) < 4.78 is 5.99. The Labute approximate surface area is 181 Å². The van der Waals surface area contributed by atoms with Crippen molar-refractivity contribution in [2.75, 3.05) is 20.2 Å². The Kier molecular flexibility index (Phi) is 5.17. The van der Waals surface area contributed by atoms with Crippen LogP contribution in [-0.4, -0.2) is 51.5 Å².